The van der Waals surface area contributed by atoms with Crippen LogP contribution in [0, 0.1) is 0 Å². The van der Waals surface area contributed by atoms with E-state index in [-0.39, 0.29) is 17.3 Å². The van der Waals surface area contributed by atoms with Crippen molar-refractivity contribution in [3.8, 4) is 0 Å². The highest BCUT2D eigenvalue weighted by atomic mass is 32.2. The number of hydrogen-bond donors (Lipinski definition) is 0. The lowest BCUT2D eigenvalue weighted by Gasteiger charge is -2.07. The maximum atomic E-state index is 11.8. The Kier molecular flexibility index (Phi) is 2.50. The molecule has 0 aliphatic carbocycles. The number of sulfone groups is 1. The highest BCUT2D eigenvalue weighted by Crippen LogP contribution is 2.42. The van der Waals surface area contributed by atoms with Crippen LogP contribution >= 0.6 is 0 Å². The molecule has 0 radical (unpaired) electrons. The third kappa shape index (κ3) is 1.51. The topological polar surface area (TPSA) is 64.3 Å². The number of fused-ring (bicyclic) bond motifs is 1. The van der Waals surface area contributed by atoms with Gasteiger partial charge in [0.2, 0.25) is 0 Å². The van der Waals surface area contributed by atoms with Crippen molar-refractivity contribution in [1.82, 2.24) is 0 Å². The van der Waals surface area contributed by atoms with Crippen LogP contribution in [-0.4, -0.2) is 14.2 Å². The molecule has 0 fully saturated rings. The number of hydrogen-bond acceptors (Lipinski definition) is 4. The number of rotatable bonds is 3. The SMILES string of the molecule is C=CCC1c2c(coc2C(C)=O)CS1(=O)=O. The zero-order valence-corrected chi connectivity index (χ0v) is 9.71. The first kappa shape index (κ1) is 11.1. The predicted molar refractivity (Wildman–Crippen MR) is 58.9 cm³/mol. The molecule has 0 aromatic carbocycles. The second-order valence-electron chi connectivity index (χ2n) is 3.88. The predicted octanol–water partition coefficient (Wildman–Crippen LogP) is 2.03. The standard InChI is InChI=1S/C11H12O4S/c1-3-4-9-10-8(6-16(9,13)14)5-15-11(10)7(2)12/h3,5,9H,1,4,6H2,2H3. The van der Waals surface area contributed by atoms with Gasteiger partial charge in [-0.1, -0.05) is 6.08 Å². The molecule has 86 valence electrons. The molecule has 5 heteroatoms. The Morgan fingerprint density at radius 2 is 2.38 bits per heavy atom. The van der Waals surface area contributed by atoms with E-state index in [1.54, 1.807) is 6.08 Å². The van der Waals surface area contributed by atoms with Gasteiger partial charge in [0.1, 0.15) is 0 Å². The summed E-state index contributed by atoms with van der Waals surface area (Å²) in [4.78, 5) is 11.3. The Bertz CT molecular complexity index is 551. The summed E-state index contributed by atoms with van der Waals surface area (Å²) in [7, 11) is -3.20. The van der Waals surface area contributed by atoms with Gasteiger partial charge in [0.15, 0.2) is 21.4 Å². The minimum absolute atomic E-state index is 0.0440. The Labute approximate surface area is 93.9 Å². The van der Waals surface area contributed by atoms with Crippen LogP contribution < -0.4 is 0 Å². The van der Waals surface area contributed by atoms with Gasteiger partial charge >= 0.3 is 0 Å². The van der Waals surface area contributed by atoms with Crippen LogP contribution in [0.5, 0.6) is 0 Å². The molecule has 1 unspecified atom stereocenters. The molecule has 0 bridgehead atoms. The van der Waals surface area contributed by atoms with Gasteiger partial charge in [-0.3, -0.25) is 4.79 Å². The van der Waals surface area contributed by atoms with Crippen LogP contribution in [0.4, 0.5) is 0 Å². The first-order valence-corrected chi connectivity index (χ1v) is 6.62. The Balaban J connectivity index is 2.59. The Morgan fingerprint density at radius 1 is 1.69 bits per heavy atom. The van der Waals surface area contributed by atoms with Crippen molar-refractivity contribution in [1.29, 1.82) is 0 Å². The third-order valence-corrected chi connectivity index (χ3v) is 4.73. The van der Waals surface area contributed by atoms with Crippen molar-refractivity contribution in [3.05, 3.63) is 35.8 Å². The molecule has 2 heterocycles. The van der Waals surface area contributed by atoms with Gasteiger partial charge in [0.05, 0.1) is 17.3 Å². The van der Waals surface area contributed by atoms with Gasteiger partial charge in [-0.05, 0) is 6.42 Å². The zero-order chi connectivity index (χ0) is 11.9. The molecule has 1 atom stereocenters. The molecule has 0 spiro atoms. The number of carbonyl (C=O) groups is 1. The van der Waals surface area contributed by atoms with Crippen molar-refractivity contribution in [2.45, 2.75) is 24.3 Å². The molecule has 2 rings (SSSR count). The van der Waals surface area contributed by atoms with Crippen LogP contribution in [0.3, 0.4) is 0 Å². The largest absolute Gasteiger partial charge is 0.461 e. The van der Waals surface area contributed by atoms with E-state index < -0.39 is 15.1 Å². The van der Waals surface area contributed by atoms with E-state index in [2.05, 4.69) is 6.58 Å². The summed E-state index contributed by atoms with van der Waals surface area (Å²) in [6, 6.07) is 0. The summed E-state index contributed by atoms with van der Waals surface area (Å²) in [6.07, 6.45) is 3.23. The summed E-state index contributed by atoms with van der Waals surface area (Å²) in [5.41, 5.74) is 1.14. The molecular formula is C11H12O4S. The highest BCUT2D eigenvalue weighted by molar-refractivity contribution is 7.91. The van der Waals surface area contributed by atoms with E-state index in [9.17, 15) is 13.2 Å². The summed E-state index contributed by atoms with van der Waals surface area (Å²) in [5.74, 6) is -0.118. The molecule has 4 nitrogen and oxygen atoms in total. The zero-order valence-electron chi connectivity index (χ0n) is 8.89. The summed E-state index contributed by atoms with van der Waals surface area (Å²) >= 11 is 0. The van der Waals surface area contributed by atoms with Gasteiger partial charge in [-0.2, -0.15) is 0 Å². The van der Waals surface area contributed by atoms with E-state index >= 15 is 0 Å². The van der Waals surface area contributed by atoms with Crippen molar-refractivity contribution < 1.29 is 17.6 Å². The normalized spacial score (nSPS) is 21.7. The summed E-state index contributed by atoms with van der Waals surface area (Å²) in [5, 5.41) is -0.669. The van der Waals surface area contributed by atoms with Crippen LogP contribution in [0.15, 0.2) is 23.3 Å². The summed E-state index contributed by atoms with van der Waals surface area (Å²) in [6.45, 7) is 4.91. The molecule has 0 saturated heterocycles. The number of Topliss-reactive ketones (excluding diaryl/α,β-unsaturated/α-hetero) is 1. The quantitative estimate of drug-likeness (QED) is 0.599. The van der Waals surface area contributed by atoms with Crippen LogP contribution in [-0.2, 0) is 15.6 Å². The lowest BCUT2D eigenvalue weighted by molar-refractivity contribution is 0.0986. The second kappa shape index (κ2) is 3.59. The van der Waals surface area contributed by atoms with Gasteiger partial charge in [-0.15, -0.1) is 6.58 Å². The second-order valence-corrected chi connectivity index (χ2v) is 6.06. The molecule has 1 aliphatic heterocycles. The third-order valence-electron chi connectivity index (χ3n) is 2.72. The maximum Gasteiger partial charge on any atom is 0.195 e. The van der Waals surface area contributed by atoms with E-state index in [0.717, 1.165) is 0 Å². The van der Waals surface area contributed by atoms with Gasteiger partial charge in [-0.25, -0.2) is 8.42 Å². The van der Waals surface area contributed by atoms with Crippen molar-refractivity contribution in [2.24, 2.45) is 0 Å². The lowest BCUT2D eigenvalue weighted by atomic mass is 10.0. The van der Waals surface area contributed by atoms with Crippen LogP contribution in [0.2, 0.25) is 0 Å². The summed E-state index contributed by atoms with van der Waals surface area (Å²) < 4.78 is 28.8. The minimum Gasteiger partial charge on any atom is -0.461 e. The first-order valence-electron chi connectivity index (χ1n) is 4.91. The minimum atomic E-state index is -3.20. The number of allylic oxidation sites excluding steroid dienone is 1. The van der Waals surface area contributed by atoms with Crippen LogP contribution in [0.25, 0.3) is 0 Å². The number of furan rings is 1. The van der Waals surface area contributed by atoms with E-state index in [1.165, 1.54) is 13.2 Å². The van der Waals surface area contributed by atoms with E-state index in [1.807, 2.05) is 0 Å². The molecule has 0 amide bonds. The smallest absolute Gasteiger partial charge is 0.195 e. The number of carbonyl (C=O) groups excluding carboxylic acids is 1. The lowest BCUT2D eigenvalue weighted by Crippen LogP contribution is -2.08. The van der Waals surface area contributed by atoms with E-state index in [0.29, 0.717) is 17.5 Å². The molecular weight excluding hydrogens is 228 g/mol. The maximum absolute atomic E-state index is 11.8. The molecule has 0 saturated carbocycles. The number of ketones is 1. The van der Waals surface area contributed by atoms with E-state index in [4.69, 9.17) is 4.42 Å². The molecule has 1 aromatic heterocycles. The molecule has 1 aliphatic rings. The van der Waals surface area contributed by atoms with Crippen LogP contribution in [0.1, 0.15) is 40.3 Å². The van der Waals surface area contributed by atoms with Crippen molar-refractivity contribution in [3.63, 3.8) is 0 Å². The average Bonchev–Trinajstić information content (AvgIpc) is 2.65. The average molecular weight is 240 g/mol. The monoisotopic (exact) mass is 240 g/mol. The highest BCUT2D eigenvalue weighted by Gasteiger charge is 2.40. The van der Waals surface area contributed by atoms with Gasteiger partial charge in [0.25, 0.3) is 0 Å². The molecule has 0 N–H and O–H groups in total. The van der Waals surface area contributed by atoms with Crippen molar-refractivity contribution >= 4 is 15.6 Å². The fraction of sp³-hybridized carbons (Fsp3) is 0.364. The van der Waals surface area contributed by atoms with Gasteiger partial charge in [0, 0.05) is 18.1 Å². The fourth-order valence-corrected chi connectivity index (χ4v) is 3.96. The Morgan fingerprint density at radius 3 is 2.94 bits per heavy atom. The first-order chi connectivity index (χ1) is 7.47. The molecule has 1 aromatic rings. The van der Waals surface area contributed by atoms with Gasteiger partial charge < -0.3 is 4.42 Å². The fourth-order valence-electron chi connectivity index (χ4n) is 2.05. The van der Waals surface area contributed by atoms with Crippen molar-refractivity contribution in [2.75, 3.05) is 0 Å². The Hall–Kier alpha value is -1.36. The molecule has 16 heavy (non-hydrogen) atoms.